The molecule has 134 heavy (non-hydrogen) atoms. The third kappa shape index (κ3) is 18.8. The Balaban J connectivity index is 0.0000000969. The molecule has 18 aliphatic rings. The van der Waals surface area contributed by atoms with Gasteiger partial charge in [-0.15, -0.1) is 0 Å². The van der Waals surface area contributed by atoms with E-state index in [-0.39, 0.29) is 0 Å². The molecule has 12 saturated heterocycles. The molecule has 18 fully saturated rings. The first-order valence-electron chi connectivity index (χ1n) is 53.3. The van der Waals surface area contributed by atoms with Crippen molar-refractivity contribution in [1.29, 1.82) is 0 Å². The summed E-state index contributed by atoms with van der Waals surface area (Å²) in [4.78, 5) is 22.4. The van der Waals surface area contributed by atoms with Crippen LogP contribution in [0.1, 0.15) is 209 Å². The quantitative estimate of drug-likeness (QED) is 0.0597. The van der Waals surface area contributed by atoms with Crippen molar-refractivity contribution in [2.45, 2.75) is 219 Å². The van der Waals surface area contributed by atoms with Gasteiger partial charge >= 0.3 is 0 Å². The molecule has 6 aliphatic carbocycles. The van der Waals surface area contributed by atoms with Crippen LogP contribution in [0.5, 0.6) is 0 Å². The van der Waals surface area contributed by atoms with Crippen molar-refractivity contribution in [2.75, 3.05) is 206 Å². The fourth-order valence-corrected chi connectivity index (χ4v) is 27.6. The van der Waals surface area contributed by atoms with Crippen LogP contribution in [0.4, 0.5) is 42.9 Å². The summed E-state index contributed by atoms with van der Waals surface area (Å²) in [5.74, 6) is 7.12. The van der Waals surface area contributed by atoms with Crippen molar-refractivity contribution in [3.8, 4) is 0 Å². The number of rotatable bonds is 17. The van der Waals surface area contributed by atoms with Gasteiger partial charge in [-0.05, 0) is 333 Å². The zero-order valence-electron chi connectivity index (χ0n) is 82.2. The highest BCUT2D eigenvalue weighted by molar-refractivity contribution is 5.58. The molecule has 26 rings (SSSR count). The Kier molecular flexibility index (Phi) is 25.8. The van der Waals surface area contributed by atoms with Gasteiger partial charge in [-0.1, -0.05) is 168 Å². The molecule has 14 nitrogen and oxygen atoms in total. The molecule has 6 saturated carbocycles. The third-order valence-corrected chi connectivity index (χ3v) is 38.0. The number of fused-ring (bicyclic) bond motifs is 6. The van der Waals surface area contributed by atoms with Crippen LogP contribution in [0.25, 0.3) is 0 Å². The number of benzene rings is 8. The van der Waals surface area contributed by atoms with Crippen LogP contribution >= 0.6 is 0 Å². The first-order valence-corrected chi connectivity index (χ1v) is 53.3. The molecule has 0 radical (unpaired) electrons. The zero-order valence-corrected chi connectivity index (χ0v) is 82.2. The van der Waals surface area contributed by atoms with Gasteiger partial charge in [0.2, 0.25) is 0 Å². The summed E-state index contributed by atoms with van der Waals surface area (Å²) in [5, 5.41) is 32.6. The van der Waals surface area contributed by atoms with Crippen molar-refractivity contribution >= 4 is 34.1 Å². The van der Waals surface area contributed by atoms with Gasteiger partial charge in [0, 0.05) is 204 Å². The predicted molar refractivity (Wildman–Crippen MR) is 549 cm³/mol. The van der Waals surface area contributed by atoms with E-state index in [1.165, 1.54) is 232 Å². The lowest BCUT2D eigenvalue weighted by Gasteiger charge is -2.39. The summed E-state index contributed by atoms with van der Waals surface area (Å²) in [6.07, 6.45) is 19.4. The van der Waals surface area contributed by atoms with E-state index in [9.17, 15) is 19.0 Å². The zero-order chi connectivity index (χ0) is 91.9. The van der Waals surface area contributed by atoms with E-state index < -0.39 is 22.5 Å². The SMILES string of the molecule is CC1(F)CCN(c2ccc(C34CNCC3C4)cc2)CC1.CC1CCN(c2ccc(C34CNCC3C4)cc2)CC1.CCN1CC2CC2(c2ccc(N3CCC(C)(F)CC3)cc2)C1.CCN1CC2CC2(c2ccc(N3CCC(C)CC3)cc2)C1.CCN1CC2CC2(c2ccc(N3CCC(O)(c4ccccc4)CC3)cc2)C1.OC1(c2ccccc2)CCN(c2ccc(C34CNCC3C4)cc2)CC1. The number of piperidine rings is 12. The molecule has 5 N–H and O–H groups in total. The standard InChI is InChI=1S/C24H30N2O.C22H26N2O.C19H27FN2.C19H28N2.C17H23FN2.C17H24N2/c1-2-25-17-21-16-23(21,18-25)19-8-10-22(11-9-19)26-14-12-24(27,13-15-26)20-6-4-3-5-7-20;25-22(18-4-2-1-3-5-18)10-12-24(13-11-22)20-8-6-17(7-9-20)21-14-19(21)15-23-16-21;1-3-21-13-16-12-19(16,14-21)15-4-6-17(7-5-15)22-10-8-18(2,20)9-11-22;1-3-20-13-17-12-19(17,14-20)16-4-6-18(7-5-16)21-10-8-15(2)9-11-21;1-16(18)6-8-20(9-7-16)15-4-2-13(3-5-15)17-10-14(17)11-19-12-17;1-13-6-8-19(9-7-13)16-4-2-14(3-5-16)17-10-15(17)11-18-12-17/h3-11,21,27H,2,12-18H2,1H3;1-9,19,23,25H,10-16H2;4-7,16H,3,8-14H2,1-2H3;4-7,15,17H,3,8-14H2,1-2H3;2-5,14,19H,6-12H2,1H3;2-5,13,15,18H,6-12H2,1H3. The molecule has 0 spiro atoms. The van der Waals surface area contributed by atoms with E-state index in [4.69, 9.17) is 0 Å². The topological polar surface area (TPSA) is 106 Å². The fourth-order valence-electron chi connectivity index (χ4n) is 27.6. The first kappa shape index (κ1) is 92.5. The number of hydrogen-bond acceptors (Lipinski definition) is 14. The van der Waals surface area contributed by atoms with Crippen molar-refractivity contribution < 1.29 is 19.0 Å². The van der Waals surface area contributed by atoms with Crippen LogP contribution in [-0.2, 0) is 43.7 Å². The lowest BCUT2D eigenvalue weighted by Crippen LogP contribution is -2.42. The summed E-state index contributed by atoms with van der Waals surface area (Å²) in [5.41, 5.74) is 18.8. The molecule has 8 aromatic carbocycles. The van der Waals surface area contributed by atoms with Crippen LogP contribution < -0.4 is 45.3 Å². The number of nitrogens with zero attached hydrogens (tertiary/aromatic N) is 9. The van der Waals surface area contributed by atoms with Gasteiger partial charge < -0.3 is 70.3 Å². The van der Waals surface area contributed by atoms with Crippen LogP contribution in [-0.4, -0.2) is 213 Å². The van der Waals surface area contributed by atoms with Gasteiger partial charge in [-0.25, -0.2) is 8.78 Å². The Bertz CT molecular complexity index is 5230. The van der Waals surface area contributed by atoms with E-state index >= 15 is 0 Å². The van der Waals surface area contributed by atoms with Crippen LogP contribution in [0.2, 0.25) is 0 Å². The number of anilines is 6. The normalized spacial score (nSPS) is 32.4. The molecule has 12 atom stereocenters. The minimum atomic E-state index is -0.968. The predicted octanol–water partition coefficient (Wildman–Crippen LogP) is 19.6. The highest BCUT2D eigenvalue weighted by atomic mass is 19.1. The molecule has 716 valence electrons. The summed E-state index contributed by atoms with van der Waals surface area (Å²) < 4.78 is 27.8. The number of nitrogens with one attached hydrogen (secondary N) is 3. The minimum Gasteiger partial charge on any atom is -0.385 e. The summed E-state index contributed by atoms with van der Waals surface area (Å²) in [7, 11) is 0. The van der Waals surface area contributed by atoms with E-state index in [0.717, 1.165) is 150 Å². The Morgan fingerprint density at radius 2 is 0.493 bits per heavy atom. The summed E-state index contributed by atoms with van der Waals surface area (Å²) in [6.45, 7) is 45.2. The average Bonchev–Trinajstić information content (AvgIpc) is 1.58. The highest BCUT2D eigenvalue weighted by Crippen LogP contribution is 2.63. The molecule has 0 bridgehead atoms. The second kappa shape index (κ2) is 37.4. The molecular formula is C118H158F2N12O2. The molecule has 16 heteroatoms. The maximum atomic E-state index is 13.9. The maximum Gasteiger partial charge on any atom is 0.111 e. The van der Waals surface area contributed by atoms with Crippen molar-refractivity contribution in [1.82, 2.24) is 30.7 Å². The lowest BCUT2D eigenvalue weighted by molar-refractivity contribution is 0.0114. The number of likely N-dealkylation sites (N-methyl/N-ethyl adjacent to an activating group) is 3. The van der Waals surface area contributed by atoms with Gasteiger partial charge in [0.05, 0.1) is 11.2 Å². The van der Waals surface area contributed by atoms with Gasteiger partial charge in [-0.2, -0.15) is 0 Å². The molecular weight excluding hydrogens is 1660 g/mol. The number of likely N-dealkylation sites (tertiary alicyclic amines) is 3. The van der Waals surface area contributed by atoms with Crippen LogP contribution in [0.15, 0.2) is 206 Å². The van der Waals surface area contributed by atoms with Crippen molar-refractivity contribution in [3.63, 3.8) is 0 Å². The number of halogens is 2. The number of alkyl halides is 2. The molecule has 12 heterocycles. The smallest absolute Gasteiger partial charge is 0.111 e. The Hall–Kier alpha value is -7.90. The second-order valence-electron chi connectivity index (χ2n) is 46.4. The Morgan fingerprint density at radius 3 is 0.701 bits per heavy atom. The number of hydrogen-bond donors (Lipinski definition) is 5. The van der Waals surface area contributed by atoms with E-state index in [1.807, 2.05) is 48.5 Å². The maximum absolute atomic E-state index is 13.9. The third-order valence-electron chi connectivity index (χ3n) is 38.0. The largest absolute Gasteiger partial charge is 0.385 e. The molecule has 12 aliphatic heterocycles. The molecule has 12 unspecified atom stereocenters. The van der Waals surface area contributed by atoms with E-state index in [1.54, 1.807) is 25.0 Å². The molecule has 0 aromatic heterocycles. The van der Waals surface area contributed by atoms with Crippen molar-refractivity contribution in [2.24, 2.45) is 47.3 Å². The van der Waals surface area contributed by atoms with Gasteiger partial charge in [0.1, 0.15) is 11.3 Å². The minimum absolute atomic E-state index is 0.438. The summed E-state index contributed by atoms with van der Waals surface area (Å²) >= 11 is 0. The van der Waals surface area contributed by atoms with Crippen LogP contribution in [0, 0.1) is 47.3 Å². The Labute approximate surface area is 802 Å². The average molecular weight is 1810 g/mol. The molecule has 8 aromatic rings. The van der Waals surface area contributed by atoms with Gasteiger partial charge in [0.25, 0.3) is 0 Å². The first-order chi connectivity index (χ1) is 64.9. The van der Waals surface area contributed by atoms with E-state index in [0.29, 0.717) is 58.2 Å². The number of aliphatic hydroxyl groups is 2. The monoisotopic (exact) mass is 1810 g/mol. The van der Waals surface area contributed by atoms with Gasteiger partial charge in [-0.3, -0.25) is 0 Å². The second-order valence-corrected chi connectivity index (χ2v) is 46.4. The summed E-state index contributed by atoms with van der Waals surface area (Å²) in [6, 6.07) is 76.2. The van der Waals surface area contributed by atoms with Gasteiger partial charge in [0.15, 0.2) is 0 Å². The van der Waals surface area contributed by atoms with Crippen molar-refractivity contribution in [3.05, 3.63) is 251 Å². The van der Waals surface area contributed by atoms with E-state index in [2.05, 4.69) is 252 Å². The fraction of sp³-hybridized carbons (Fsp3) is 0.593. The highest BCUT2D eigenvalue weighted by Gasteiger charge is 2.64. The Morgan fingerprint density at radius 1 is 0.276 bits per heavy atom. The molecule has 0 amide bonds. The lowest BCUT2D eigenvalue weighted by atomic mass is 9.84. The van der Waals surface area contributed by atoms with Crippen LogP contribution in [0.3, 0.4) is 0 Å².